The Hall–Kier alpha value is -2.11. The van der Waals surface area contributed by atoms with Gasteiger partial charge in [0.05, 0.1) is 15.3 Å². The van der Waals surface area contributed by atoms with Crippen LogP contribution in [0, 0.1) is 0 Å². The minimum absolute atomic E-state index is 0.175. The van der Waals surface area contributed by atoms with Crippen molar-refractivity contribution in [3.05, 3.63) is 28.8 Å². The van der Waals surface area contributed by atoms with Gasteiger partial charge in [0.2, 0.25) is 10.0 Å². The van der Waals surface area contributed by atoms with Crippen molar-refractivity contribution < 1.29 is 39.5 Å². The quantitative estimate of drug-likeness (QED) is 0.469. The van der Waals surface area contributed by atoms with Crippen LogP contribution in [-0.2, 0) is 31.0 Å². The summed E-state index contributed by atoms with van der Waals surface area (Å²) in [5, 5.41) is 2.05. The molecular weight excluding hydrogens is 605 g/mol. The number of rotatable bonds is 7. The van der Waals surface area contributed by atoms with Crippen molar-refractivity contribution in [1.29, 1.82) is 0 Å². The van der Waals surface area contributed by atoms with Crippen LogP contribution in [0.4, 0.5) is 13.2 Å². The first-order valence-electron chi connectivity index (χ1n) is 13.1. The number of carbonyl (C=O) groups excluding carboxylic acids is 1. The van der Waals surface area contributed by atoms with Crippen molar-refractivity contribution in [3.63, 3.8) is 0 Å². The highest BCUT2D eigenvalue weighted by Crippen LogP contribution is 2.41. The molecule has 0 radical (unpaired) electrons. The third-order valence-corrected chi connectivity index (χ3v) is 11.4. The SMILES string of the molecule is CC(C)(C)NS(=O)(=O)c1ccc(-c2sc(C(=O)NC3CCOCC3)nc2S(=O)(=O)N2CCCCC2)cc1C(F)(F)F. The molecule has 41 heavy (non-hydrogen) atoms. The Morgan fingerprint density at radius 2 is 1.68 bits per heavy atom. The lowest BCUT2D eigenvalue weighted by molar-refractivity contribution is -0.139. The molecule has 2 aliphatic rings. The molecule has 0 unspecified atom stereocenters. The summed E-state index contributed by atoms with van der Waals surface area (Å²) in [5.41, 5.74) is -2.74. The van der Waals surface area contributed by atoms with Crippen LogP contribution < -0.4 is 10.0 Å². The zero-order valence-corrected chi connectivity index (χ0v) is 25.3. The van der Waals surface area contributed by atoms with Gasteiger partial charge in [-0.15, -0.1) is 11.3 Å². The summed E-state index contributed by atoms with van der Waals surface area (Å²) in [6.45, 7) is 5.81. The van der Waals surface area contributed by atoms with E-state index < -0.39 is 53.2 Å². The summed E-state index contributed by atoms with van der Waals surface area (Å²) < 4.78 is 105. The summed E-state index contributed by atoms with van der Waals surface area (Å²) in [6, 6.07) is 2.28. The molecule has 0 saturated carbocycles. The minimum atomic E-state index is -5.09. The number of alkyl halides is 3. The smallest absolute Gasteiger partial charge is 0.381 e. The molecule has 2 N–H and O–H groups in total. The molecule has 2 aliphatic heterocycles. The van der Waals surface area contributed by atoms with E-state index in [-0.39, 0.29) is 34.6 Å². The van der Waals surface area contributed by atoms with E-state index >= 15 is 0 Å². The number of carbonyl (C=O) groups is 1. The fraction of sp³-hybridized carbons (Fsp3) is 0.600. The zero-order valence-electron chi connectivity index (χ0n) is 22.9. The number of sulfonamides is 2. The van der Waals surface area contributed by atoms with Gasteiger partial charge in [0, 0.05) is 37.9 Å². The number of amides is 1. The molecule has 2 aromatic rings. The molecule has 0 aliphatic carbocycles. The Morgan fingerprint density at radius 1 is 1.05 bits per heavy atom. The monoisotopic (exact) mass is 638 g/mol. The third kappa shape index (κ3) is 7.46. The van der Waals surface area contributed by atoms with Crippen molar-refractivity contribution in [2.24, 2.45) is 0 Å². The van der Waals surface area contributed by atoms with E-state index in [1.807, 2.05) is 0 Å². The van der Waals surface area contributed by atoms with E-state index in [0.29, 0.717) is 56.3 Å². The highest BCUT2D eigenvalue weighted by Gasteiger charge is 2.40. The number of hydrogen-bond donors (Lipinski definition) is 2. The molecule has 228 valence electrons. The fourth-order valence-corrected chi connectivity index (χ4v) is 9.19. The number of benzene rings is 1. The van der Waals surface area contributed by atoms with Crippen LogP contribution >= 0.6 is 11.3 Å². The lowest BCUT2D eigenvalue weighted by Crippen LogP contribution is -2.41. The van der Waals surface area contributed by atoms with Crippen LogP contribution in [0.15, 0.2) is 28.1 Å². The van der Waals surface area contributed by atoms with Gasteiger partial charge < -0.3 is 10.1 Å². The van der Waals surface area contributed by atoms with Gasteiger partial charge in [0.15, 0.2) is 10.0 Å². The lowest BCUT2D eigenvalue weighted by Gasteiger charge is -2.25. The van der Waals surface area contributed by atoms with E-state index in [4.69, 9.17) is 4.74 Å². The molecular formula is C25H33F3N4O6S3. The number of piperidine rings is 1. The molecule has 16 heteroatoms. The van der Waals surface area contributed by atoms with Crippen molar-refractivity contribution in [1.82, 2.24) is 19.3 Å². The molecule has 0 atom stereocenters. The summed E-state index contributed by atoms with van der Waals surface area (Å²) in [4.78, 5) is 16.1. The van der Waals surface area contributed by atoms with E-state index in [2.05, 4.69) is 15.0 Å². The van der Waals surface area contributed by atoms with Gasteiger partial charge in [-0.2, -0.15) is 17.5 Å². The highest BCUT2D eigenvalue weighted by atomic mass is 32.2. The first-order chi connectivity index (χ1) is 19.0. The van der Waals surface area contributed by atoms with E-state index in [9.17, 15) is 34.8 Å². The Bertz CT molecular complexity index is 1490. The summed E-state index contributed by atoms with van der Waals surface area (Å²) >= 11 is 0.650. The number of nitrogens with zero attached hydrogens (tertiary/aromatic N) is 2. The van der Waals surface area contributed by atoms with E-state index in [1.165, 1.54) is 25.1 Å². The molecule has 1 aromatic heterocycles. The maximum atomic E-state index is 14.2. The van der Waals surface area contributed by atoms with E-state index in [0.717, 1.165) is 18.6 Å². The second kappa shape index (κ2) is 11.9. The molecule has 3 heterocycles. The Labute approximate surface area is 241 Å². The standard InChI is InChI=1S/C25H33F3N4O6S3/c1-24(2,3)31-40(34,35)19-8-7-16(15-18(19)25(26,27)28)20-23(41(36,37)32-11-5-4-6-12-32)30-22(39-20)21(33)29-17-9-13-38-14-10-17/h7-8,15,17,31H,4-6,9-14H2,1-3H3,(H,29,33). The van der Waals surface area contributed by atoms with Gasteiger partial charge in [-0.3, -0.25) is 4.79 Å². The second-order valence-corrected chi connectivity index (χ2v) is 15.5. The maximum absolute atomic E-state index is 14.2. The van der Waals surface area contributed by atoms with Gasteiger partial charge in [-0.1, -0.05) is 12.5 Å². The van der Waals surface area contributed by atoms with Crippen LogP contribution in [0.2, 0.25) is 0 Å². The molecule has 1 amide bonds. The molecule has 0 bridgehead atoms. The molecule has 2 fully saturated rings. The number of halogens is 3. The van der Waals surface area contributed by atoms with Crippen LogP contribution in [-0.4, -0.2) is 69.9 Å². The number of hydrogen-bond acceptors (Lipinski definition) is 8. The fourth-order valence-electron chi connectivity index (χ4n) is 4.66. The normalized spacial score (nSPS) is 18.4. The predicted octanol–water partition coefficient (Wildman–Crippen LogP) is 3.99. The van der Waals surface area contributed by atoms with Crippen molar-refractivity contribution in [3.8, 4) is 10.4 Å². The van der Waals surface area contributed by atoms with Crippen LogP contribution in [0.3, 0.4) is 0 Å². The van der Waals surface area contributed by atoms with E-state index in [1.54, 1.807) is 0 Å². The Kier molecular flexibility index (Phi) is 9.22. The van der Waals surface area contributed by atoms with Gasteiger partial charge in [-0.05, 0) is 64.2 Å². The molecule has 0 spiro atoms. The second-order valence-electron chi connectivity index (χ2n) is 11.0. The Morgan fingerprint density at radius 3 is 2.27 bits per heavy atom. The van der Waals surface area contributed by atoms with Crippen LogP contribution in [0.25, 0.3) is 10.4 Å². The predicted molar refractivity (Wildman–Crippen MR) is 147 cm³/mol. The summed E-state index contributed by atoms with van der Waals surface area (Å²) in [6.07, 6.45) is -1.92. The van der Waals surface area contributed by atoms with Crippen LogP contribution in [0.5, 0.6) is 0 Å². The lowest BCUT2D eigenvalue weighted by atomic mass is 10.1. The third-order valence-electron chi connectivity index (χ3n) is 6.52. The summed E-state index contributed by atoms with van der Waals surface area (Å²) in [5.74, 6) is -0.645. The molecule has 10 nitrogen and oxygen atoms in total. The Balaban J connectivity index is 1.84. The highest BCUT2D eigenvalue weighted by molar-refractivity contribution is 7.89. The number of aromatic nitrogens is 1. The van der Waals surface area contributed by atoms with Gasteiger partial charge >= 0.3 is 6.18 Å². The number of nitrogens with one attached hydrogen (secondary N) is 2. The van der Waals surface area contributed by atoms with Crippen LogP contribution in [0.1, 0.15) is 68.2 Å². The molecule has 4 rings (SSSR count). The average molecular weight is 639 g/mol. The van der Waals surface area contributed by atoms with Crippen molar-refractivity contribution >= 4 is 37.3 Å². The van der Waals surface area contributed by atoms with Crippen molar-refractivity contribution in [2.45, 2.75) is 80.6 Å². The topological polar surface area (TPSA) is 135 Å². The zero-order chi connectivity index (χ0) is 30.2. The molecule has 1 aromatic carbocycles. The largest absolute Gasteiger partial charge is 0.417 e. The first-order valence-corrected chi connectivity index (χ1v) is 16.9. The maximum Gasteiger partial charge on any atom is 0.417 e. The number of thiazole rings is 1. The number of ether oxygens (including phenoxy) is 1. The first kappa shape index (κ1) is 31.8. The minimum Gasteiger partial charge on any atom is -0.381 e. The van der Waals surface area contributed by atoms with Crippen molar-refractivity contribution in [2.75, 3.05) is 26.3 Å². The average Bonchev–Trinajstić information content (AvgIpc) is 3.34. The van der Waals surface area contributed by atoms with Gasteiger partial charge in [-0.25, -0.2) is 26.5 Å². The molecule has 2 saturated heterocycles. The summed E-state index contributed by atoms with van der Waals surface area (Å²) in [7, 11) is -8.87. The van der Waals surface area contributed by atoms with Gasteiger partial charge in [0.1, 0.15) is 0 Å². The van der Waals surface area contributed by atoms with Gasteiger partial charge in [0.25, 0.3) is 15.9 Å².